The Bertz CT molecular complexity index is 6400. The molecule has 9 nitrogen and oxygen atoms in total. The lowest BCUT2D eigenvalue weighted by Gasteiger charge is -2.31. The van der Waals surface area contributed by atoms with Crippen molar-refractivity contribution in [2.75, 3.05) is 0 Å². The van der Waals surface area contributed by atoms with E-state index in [4.69, 9.17) is 15.0 Å². The van der Waals surface area contributed by atoms with Gasteiger partial charge in [0.25, 0.3) is 0 Å². The number of pyridine rings is 3. The van der Waals surface area contributed by atoms with Crippen LogP contribution in [0.5, 0.6) is 0 Å². The Morgan fingerprint density at radius 1 is 0.223 bits per heavy atom. The third kappa shape index (κ3) is 8.75. The van der Waals surface area contributed by atoms with Crippen molar-refractivity contribution in [1.82, 2.24) is 37.8 Å². The highest BCUT2D eigenvalue weighted by Crippen LogP contribution is 2.55. The minimum atomic E-state index is 0.438. The number of hydrogen-bond donors (Lipinski definition) is 0. The summed E-state index contributed by atoms with van der Waals surface area (Å²) in [5.74, 6) is 0. The minimum absolute atomic E-state index is 0.438. The summed E-state index contributed by atoms with van der Waals surface area (Å²) in [5.41, 5.74) is 26.4. The lowest BCUT2D eigenvalue weighted by atomic mass is 9.97. The topological polar surface area (TPSA) is 87.1 Å². The number of benzene rings is 13. The van der Waals surface area contributed by atoms with E-state index in [-0.39, 0.29) is 0 Å². The average Bonchev–Trinajstić information content (AvgIpc) is 1.58. The van der Waals surface area contributed by atoms with Gasteiger partial charge in [0, 0.05) is 61.7 Å². The summed E-state index contributed by atoms with van der Waals surface area (Å²) in [6.45, 7) is 0. The Labute approximate surface area is 590 Å². The summed E-state index contributed by atoms with van der Waals surface area (Å²) in [6, 6.07) is 121. The molecule has 0 amide bonds. The molecule has 0 saturated carbocycles. The number of nitrogens with zero attached hydrogens (tertiary/aromatic N) is 9. The molecule has 0 spiro atoms. The molecule has 103 heavy (non-hydrogen) atoms. The smallest absolute Gasteiger partial charge is 0.101 e. The summed E-state index contributed by atoms with van der Waals surface area (Å²) >= 11 is 0. The maximum Gasteiger partial charge on any atom is 0.101 e. The zero-order chi connectivity index (χ0) is 67.8. The molecule has 21 rings (SSSR count). The summed E-state index contributed by atoms with van der Waals surface area (Å²) in [6.07, 6.45) is 5.54. The van der Waals surface area contributed by atoms with E-state index in [9.17, 15) is 5.26 Å². The van der Waals surface area contributed by atoms with Gasteiger partial charge in [-0.2, -0.15) is 5.26 Å². The van der Waals surface area contributed by atoms with E-state index in [1.165, 1.54) is 0 Å². The molecule has 0 saturated heterocycles. The molecule has 478 valence electrons. The molecule has 0 unspecified atom stereocenters. The lowest BCUT2D eigenvalue weighted by molar-refractivity contribution is 0.998. The Hall–Kier alpha value is -14.2. The number of aromatic nitrogens is 8. The molecule has 13 aromatic carbocycles. The predicted octanol–water partition coefficient (Wildman–Crippen LogP) is 23.6. The molecular formula is C94H57N9. The van der Waals surface area contributed by atoms with Gasteiger partial charge in [-0.1, -0.05) is 218 Å². The first kappa shape index (κ1) is 57.8. The molecule has 8 aromatic heterocycles. The molecule has 0 atom stereocenters. The molecule has 0 radical (unpaired) electrons. The molecule has 21 aromatic rings. The molecule has 0 aliphatic heterocycles. The molecule has 0 aliphatic rings. The fourth-order valence-corrected chi connectivity index (χ4v) is 16.6. The van der Waals surface area contributed by atoms with Crippen molar-refractivity contribution in [3.05, 3.63) is 352 Å². The molecule has 0 N–H and O–H groups in total. The normalized spacial score (nSPS) is 11.9. The molecule has 9 heteroatoms. The fraction of sp³-hybridized carbons (Fsp3) is 0. The highest BCUT2D eigenvalue weighted by atomic mass is 15.2. The van der Waals surface area contributed by atoms with Gasteiger partial charge in [-0.3, -0.25) is 15.0 Å². The summed E-state index contributed by atoms with van der Waals surface area (Å²) < 4.78 is 12.7. The van der Waals surface area contributed by atoms with E-state index in [2.05, 4.69) is 350 Å². The van der Waals surface area contributed by atoms with Crippen LogP contribution in [0, 0.1) is 11.3 Å². The summed E-state index contributed by atoms with van der Waals surface area (Å²) in [4.78, 5) is 16.3. The first-order valence-electron chi connectivity index (χ1n) is 34.8. The number of rotatable bonds is 10. The van der Waals surface area contributed by atoms with E-state index in [0.29, 0.717) is 11.3 Å². The van der Waals surface area contributed by atoms with E-state index in [1.807, 2.05) is 18.5 Å². The second-order valence-electron chi connectivity index (χ2n) is 26.5. The third-order valence-corrected chi connectivity index (χ3v) is 21.0. The SMILES string of the molecule is N#Cc1ccc(-c2c(-n3c4ccccc4c4ncccc43)c(-n3c4ccc(-c5ccccc5)cc4c4cc(-c5ccccc5)ccc43)c(-n3c4ccccc4c4ccccc43)c(-n3c4ccc(-c5ccccc5)cc4c4cc(-c5ccccc5)ccc43)c2-n2c3ccccc3c3ncccc32)nc1. The van der Waals surface area contributed by atoms with Crippen molar-refractivity contribution in [2.45, 2.75) is 0 Å². The van der Waals surface area contributed by atoms with Crippen molar-refractivity contribution in [3.63, 3.8) is 0 Å². The van der Waals surface area contributed by atoms with Crippen LogP contribution >= 0.6 is 0 Å². The maximum absolute atomic E-state index is 10.9. The second-order valence-corrected chi connectivity index (χ2v) is 26.5. The summed E-state index contributed by atoms with van der Waals surface area (Å²) in [5, 5.41) is 19.4. The molecule has 0 fully saturated rings. The van der Waals surface area contributed by atoms with Crippen LogP contribution in [0.25, 0.3) is 193 Å². The highest BCUT2D eigenvalue weighted by molar-refractivity contribution is 6.20. The molecule has 8 heterocycles. The molecule has 0 bridgehead atoms. The predicted molar refractivity (Wildman–Crippen MR) is 423 cm³/mol. The van der Waals surface area contributed by atoms with Crippen molar-refractivity contribution < 1.29 is 0 Å². The monoisotopic (exact) mass is 1310 g/mol. The molecular weight excluding hydrogens is 1260 g/mol. The van der Waals surface area contributed by atoms with Crippen molar-refractivity contribution >= 4 is 109 Å². The standard InChI is InChI=1S/C94H57N9/c95-57-59-41-46-76(98-58-59)87-90(102-79-37-19-15-33-70(79)88-85(102)39-21-51-96-88)92(100-81-47-42-64(60-23-5-1-6-24-60)53-72(81)73-54-65(43-48-82(73)100)61-25-7-2-8-26-61)94(99-77-35-17-13-31-68(77)69-32-14-18-36-78(69)99)93(91(87)103-80-38-20-16-34-71(80)89-86(103)40-22-52-97-89)101-83-49-44-66(62-27-9-3-10-28-62)55-74(83)75-56-67(45-50-84(75)101)63-29-11-4-12-30-63/h1-56,58H. The van der Waals surface area contributed by atoms with Gasteiger partial charge in [-0.25, -0.2) is 0 Å². The van der Waals surface area contributed by atoms with Crippen LogP contribution in [0.1, 0.15) is 5.56 Å². The number of fused-ring (bicyclic) bond motifs is 15. The van der Waals surface area contributed by atoms with Gasteiger partial charge in [0.05, 0.1) is 111 Å². The Kier molecular flexibility index (Phi) is 12.9. The number of nitriles is 1. The van der Waals surface area contributed by atoms with Gasteiger partial charge < -0.3 is 22.8 Å². The quantitative estimate of drug-likeness (QED) is 0.136. The highest BCUT2D eigenvalue weighted by Gasteiger charge is 2.38. The first-order valence-corrected chi connectivity index (χ1v) is 34.8. The van der Waals surface area contributed by atoms with Crippen LogP contribution in [0.2, 0.25) is 0 Å². The van der Waals surface area contributed by atoms with Gasteiger partial charge in [-0.05, 0) is 154 Å². The van der Waals surface area contributed by atoms with Gasteiger partial charge in [-0.15, -0.1) is 0 Å². The fourth-order valence-electron chi connectivity index (χ4n) is 16.6. The van der Waals surface area contributed by atoms with Crippen LogP contribution in [0.4, 0.5) is 0 Å². The number of hydrogen-bond acceptors (Lipinski definition) is 4. The largest absolute Gasteiger partial charge is 0.305 e. The van der Waals surface area contributed by atoms with Crippen LogP contribution in [-0.2, 0) is 0 Å². The Morgan fingerprint density at radius 2 is 0.515 bits per heavy atom. The van der Waals surface area contributed by atoms with Gasteiger partial charge in [0.15, 0.2) is 0 Å². The second kappa shape index (κ2) is 22.9. The van der Waals surface area contributed by atoms with E-state index >= 15 is 0 Å². The van der Waals surface area contributed by atoms with E-state index in [0.717, 1.165) is 188 Å². The van der Waals surface area contributed by atoms with Gasteiger partial charge in [0.1, 0.15) is 6.07 Å². The summed E-state index contributed by atoms with van der Waals surface area (Å²) in [7, 11) is 0. The van der Waals surface area contributed by atoms with Crippen LogP contribution in [0.3, 0.4) is 0 Å². The van der Waals surface area contributed by atoms with Crippen molar-refractivity contribution in [1.29, 1.82) is 5.26 Å². The van der Waals surface area contributed by atoms with Crippen LogP contribution < -0.4 is 0 Å². The zero-order valence-corrected chi connectivity index (χ0v) is 55.4. The maximum atomic E-state index is 10.9. The average molecular weight is 1310 g/mol. The Balaban J connectivity index is 1.10. The lowest BCUT2D eigenvalue weighted by Crippen LogP contribution is -2.18. The molecule has 0 aliphatic carbocycles. The van der Waals surface area contributed by atoms with E-state index in [1.54, 1.807) is 6.20 Å². The Morgan fingerprint density at radius 3 is 0.854 bits per heavy atom. The van der Waals surface area contributed by atoms with E-state index < -0.39 is 0 Å². The first-order chi connectivity index (χ1) is 51.1. The minimum Gasteiger partial charge on any atom is -0.305 e. The van der Waals surface area contributed by atoms with Crippen LogP contribution in [0.15, 0.2) is 346 Å². The van der Waals surface area contributed by atoms with Gasteiger partial charge >= 0.3 is 0 Å². The van der Waals surface area contributed by atoms with Crippen molar-refractivity contribution in [2.24, 2.45) is 0 Å². The zero-order valence-electron chi connectivity index (χ0n) is 55.4. The van der Waals surface area contributed by atoms with Crippen molar-refractivity contribution in [3.8, 4) is 90.3 Å². The third-order valence-electron chi connectivity index (χ3n) is 21.0. The van der Waals surface area contributed by atoms with Gasteiger partial charge in [0.2, 0.25) is 0 Å². The number of para-hydroxylation sites is 4. The van der Waals surface area contributed by atoms with Crippen LogP contribution in [-0.4, -0.2) is 37.8 Å².